The highest BCUT2D eigenvalue weighted by molar-refractivity contribution is 8.93. The Morgan fingerprint density at radius 1 is 0.759 bits per heavy atom. The van der Waals surface area contributed by atoms with Crippen LogP contribution < -0.4 is 15.9 Å². The Labute approximate surface area is 188 Å². The lowest BCUT2D eigenvalue weighted by molar-refractivity contribution is 1.29. The number of halogens is 1. The van der Waals surface area contributed by atoms with Gasteiger partial charge in [0.2, 0.25) is 0 Å². The monoisotopic (exact) mass is 478 g/mol. The summed E-state index contributed by atoms with van der Waals surface area (Å²) in [6, 6.07) is 30.6. The normalized spacial score (nSPS) is 11.0. The Morgan fingerprint density at radius 2 is 1.28 bits per heavy atom. The van der Waals surface area contributed by atoms with Crippen molar-refractivity contribution in [3.05, 3.63) is 103 Å². The summed E-state index contributed by atoms with van der Waals surface area (Å²) in [6.07, 6.45) is 5.15. The van der Waals surface area contributed by atoms with E-state index in [1.165, 1.54) is 21.5 Å². The lowest BCUT2D eigenvalue weighted by Crippen LogP contribution is -2.23. The first-order valence-corrected chi connectivity index (χ1v) is 14.5. The molecule has 0 aliphatic rings. The van der Waals surface area contributed by atoms with Crippen LogP contribution in [0, 0.1) is 11.5 Å². The average molecular weight is 479 g/mol. The molecule has 3 aromatic rings. The van der Waals surface area contributed by atoms with Crippen LogP contribution in [0.5, 0.6) is 0 Å². The van der Waals surface area contributed by atoms with Crippen molar-refractivity contribution in [1.29, 1.82) is 0 Å². The van der Waals surface area contributed by atoms with E-state index in [1.807, 2.05) is 6.08 Å². The van der Waals surface area contributed by atoms with Crippen molar-refractivity contribution in [2.75, 3.05) is 0 Å². The van der Waals surface area contributed by atoms with E-state index in [2.05, 4.69) is 122 Å². The SMILES string of the molecule is Br.C[Si](C)(C)C#C/C=C/Cc1ccccc1P(c1ccccc1)c1ccccc1. The van der Waals surface area contributed by atoms with Gasteiger partial charge in [-0.15, -0.1) is 22.5 Å². The van der Waals surface area contributed by atoms with Crippen LogP contribution in [0.15, 0.2) is 97.1 Å². The molecule has 0 aliphatic heterocycles. The standard InChI is InChI=1S/C26H27PSi.BrH/c1-28(2,3)22-14-6-7-15-23-16-12-13-21-26(23)27(24-17-8-4-9-18-24)25-19-10-5-11-20-25;/h4-13,16-21H,15H2,1-3H3;1H/b7-6+;. The lowest BCUT2D eigenvalue weighted by atomic mass is 10.1. The van der Waals surface area contributed by atoms with Crippen molar-refractivity contribution in [2.24, 2.45) is 0 Å². The molecule has 29 heavy (non-hydrogen) atoms. The van der Waals surface area contributed by atoms with E-state index in [-0.39, 0.29) is 17.0 Å². The topological polar surface area (TPSA) is 0 Å². The maximum absolute atomic E-state index is 3.40. The van der Waals surface area contributed by atoms with Gasteiger partial charge in [0.25, 0.3) is 0 Å². The maximum Gasteiger partial charge on any atom is 0.129 e. The molecule has 0 N–H and O–H groups in total. The lowest BCUT2D eigenvalue weighted by Gasteiger charge is -2.22. The number of hydrogen-bond acceptors (Lipinski definition) is 0. The predicted octanol–water partition coefficient (Wildman–Crippen LogP) is 6.00. The number of rotatable bonds is 5. The highest BCUT2D eigenvalue weighted by Crippen LogP contribution is 2.34. The van der Waals surface area contributed by atoms with E-state index in [9.17, 15) is 0 Å². The molecule has 0 fully saturated rings. The summed E-state index contributed by atoms with van der Waals surface area (Å²) < 4.78 is 0. The molecule has 0 bridgehead atoms. The second-order valence-corrected chi connectivity index (χ2v) is 14.7. The van der Waals surface area contributed by atoms with Crippen LogP contribution in [-0.2, 0) is 6.42 Å². The minimum atomic E-state index is -1.31. The third-order valence-corrected chi connectivity index (χ3v) is 7.69. The first kappa shape index (κ1) is 23.4. The summed E-state index contributed by atoms with van der Waals surface area (Å²) in [5.41, 5.74) is 4.79. The van der Waals surface area contributed by atoms with Gasteiger partial charge in [-0.3, -0.25) is 0 Å². The molecule has 0 atom stereocenters. The Morgan fingerprint density at radius 3 is 1.83 bits per heavy atom. The van der Waals surface area contributed by atoms with Gasteiger partial charge in [-0.05, 0) is 41.9 Å². The zero-order chi connectivity index (χ0) is 19.8. The molecular formula is C26H28BrPSi. The Kier molecular flexibility index (Phi) is 9.12. The van der Waals surface area contributed by atoms with Gasteiger partial charge in [-0.25, -0.2) is 0 Å². The molecule has 0 aromatic heterocycles. The Hall–Kier alpha value is -1.91. The molecule has 3 aromatic carbocycles. The first-order valence-electron chi connectivity index (χ1n) is 9.70. The summed E-state index contributed by atoms with van der Waals surface area (Å²) in [4.78, 5) is 0. The summed E-state index contributed by atoms with van der Waals surface area (Å²) in [6.45, 7) is 6.82. The van der Waals surface area contributed by atoms with Gasteiger partial charge in [0.15, 0.2) is 0 Å². The number of hydrogen-bond donors (Lipinski definition) is 0. The van der Waals surface area contributed by atoms with Gasteiger partial charge in [0, 0.05) is 0 Å². The van der Waals surface area contributed by atoms with Crippen LogP contribution in [-0.4, -0.2) is 8.07 Å². The average Bonchev–Trinajstić information content (AvgIpc) is 2.70. The van der Waals surface area contributed by atoms with E-state index < -0.39 is 16.0 Å². The van der Waals surface area contributed by atoms with Crippen molar-refractivity contribution in [2.45, 2.75) is 26.1 Å². The quantitative estimate of drug-likeness (QED) is 0.239. The van der Waals surface area contributed by atoms with Gasteiger partial charge >= 0.3 is 0 Å². The van der Waals surface area contributed by atoms with E-state index >= 15 is 0 Å². The summed E-state index contributed by atoms with van der Waals surface area (Å²) in [5, 5.41) is 4.20. The second-order valence-electron chi connectivity index (χ2n) is 7.76. The Balaban J connectivity index is 0.00000300. The molecule has 0 saturated carbocycles. The highest BCUT2D eigenvalue weighted by Gasteiger charge is 2.18. The summed E-state index contributed by atoms with van der Waals surface area (Å²) in [7, 11) is -1.89. The van der Waals surface area contributed by atoms with Gasteiger partial charge in [-0.1, -0.05) is 117 Å². The molecule has 148 valence electrons. The summed E-state index contributed by atoms with van der Waals surface area (Å²) >= 11 is 0. The minimum Gasteiger partial charge on any atom is -0.127 e. The number of benzene rings is 3. The largest absolute Gasteiger partial charge is 0.129 e. The maximum atomic E-state index is 3.40. The molecule has 3 heteroatoms. The first-order chi connectivity index (χ1) is 13.5. The van der Waals surface area contributed by atoms with Crippen LogP contribution in [0.3, 0.4) is 0 Å². The van der Waals surface area contributed by atoms with Gasteiger partial charge in [0.1, 0.15) is 8.07 Å². The molecule has 0 unspecified atom stereocenters. The fourth-order valence-corrected chi connectivity index (χ4v) is 5.99. The summed E-state index contributed by atoms with van der Waals surface area (Å²) in [5.74, 6) is 3.24. The van der Waals surface area contributed by atoms with Crippen molar-refractivity contribution in [1.82, 2.24) is 0 Å². The molecule has 0 amide bonds. The molecule has 0 aliphatic carbocycles. The second kappa shape index (κ2) is 11.3. The molecule has 0 nitrogen and oxygen atoms in total. The van der Waals surface area contributed by atoms with Crippen LogP contribution in [0.4, 0.5) is 0 Å². The van der Waals surface area contributed by atoms with Gasteiger partial charge in [-0.2, -0.15) is 0 Å². The smallest absolute Gasteiger partial charge is 0.127 e. The number of allylic oxidation sites excluding steroid dienone is 2. The molecule has 0 saturated heterocycles. The van der Waals surface area contributed by atoms with E-state index in [0.29, 0.717) is 0 Å². The van der Waals surface area contributed by atoms with Crippen LogP contribution in [0.25, 0.3) is 0 Å². The van der Waals surface area contributed by atoms with Crippen molar-refractivity contribution < 1.29 is 0 Å². The third-order valence-electron chi connectivity index (χ3n) is 4.25. The van der Waals surface area contributed by atoms with Gasteiger partial charge < -0.3 is 0 Å². The van der Waals surface area contributed by atoms with E-state index in [4.69, 9.17) is 0 Å². The van der Waals surface area contributed by atoms with E-state index in [0.717, 1.165) is 6.42 Å². The van der Waals surface area contributed by atoms with Crippen LogP contribution in [0.1, 0.15) is 5.56 Å². The fraction of sp³-hybridized carbons (Fsp3) is 0.154. The Bertz CT molecular complexity index is 940. The third kappa shape index (κ3) is 7.13. The van der Waals surface area contributed by atoms with Crippen molar-refractivity contribution >= 4 is 48.9 Å². The van der Waals surface area contributed by atoms with Gasteiger partial charge in [0.05, 0.1) is 0 Å². The highest BCUT2D eigenvalue weighted by atomic mass is 79.9. The van der Waals surface area contributed by atoms with E-state index in [1.54, 1.807) is 0 Å². The minimum absolute atomic E-state index is 0. The van der Waals surface area contributed by atoms with Crippen molar-refractivity contribution in [3.8, 4) is 11.5 Å². The zero-order valence-corrected chi connectivity index (χ0v) is 20.9. The van der Waals surface area contributed by atoms with Crippen LogP contribution >= 0.6 is 24.9 Å². The van der Waals surface area contributed by atoms with Crippen molar-refractivity contribution in [3.63, 3.8) is 0 Å². The molecule has 0 heterocycles. The molecule has 3 rings (SSSR count). The predicted molar refractivity (Wildman–Crippen MR) is 139 cm³/mol. The molecule has 0 radical (unpaired) electrons. The fourth-order valence-electron chi connectivity index (χ4n) is 2.99. The zero-order valence-electron chi connectivity index (χ0n) is 17.3. The molecule has 0 spiro atoms. The van der Waals surface area contributed by atoms with Crippen LogP contribution in [0.2, 0.25) is 19.6 Å². The molecular weight excluding hydrogens is 451 g/mol.